The molecule has 0 saturated heterocycles. The van der Waals surface area contributed by atoms with Gasteiger partial charge in [0.25, 0.3) is 0 Å². The number of hydrogen-bond donors (Lipinski definition) is 1. The summed E-state index contributed by atoms with van der Waals surface area (Å²) in [5.41, 5.74) is 5.51. The maximum absolute atomic E-state index is 13.8. The van der Waals surface area contributed by atoms with Gasteiger partial charge in [0.1, 0.15) is 17.5 Å². The van der Waals surface area contributed by atoms with Gasteiger partial charge in [-0.3, -0.25) is 0 Å². The molecule has 1 aromatic heterocycles. The van der Waals surface area contributed by atoms with Crippen LogP contribution in [0.2, 0.25) is 0 Å². The van der Waals surface area contributed by atoms with Crippen molar-refractivity contribution in [3.05, 3.63) is 29.6 Å². The van der Waals surface area contributed by atoms with Crippen molar-refractivity contribution in [1.29, 1.82) is 0 Å². The van der Waals surface area contributed by atoms with Crippen LogP contribution >= 0.6 is 0 Å². The first-order valence-electron chi connectivity index (χ1n) is 5.58. The highest BCUT2D eigenvalue weighted by Crippen LogP contribution is 2.27. The highest BCUT2D eigenvalue weighted by Gasteiger charge is 2.18. The van der Waals surface area contributed by atoms with E-state index < -0.39 is 11.6 Å². The fourth-order valence-corrected chi connectivity index (χ4v) is 1.91. The third-order valence-corrected chi connectivity index (χ3v) is 2.71. The van der Waals surface area contributed by atoms with Crippen LogP contribution < -0.4 is 5.73 Å². The monoisotopic (exact) mass is 252 g/mol. The Morgan fingerprint density at radius 1 is 1.17 bits per heavy atom. The van der Waals surface area contributed by atoms with E-state index in [-0.39, 0.29) is 17.3 Å². The predicted octanol–water partition coefficient (Wildman–Crippen LogP) is 2.69. The van der Waals surface area contributed by atoms with Crippen LogP contribution in [0.5, 0.6) is 0 Å². The largest absolute Gasteiger partial charge is 0.396 e. The maximum Gasteiger partial charge on any atom is 0.167 e. The standard InChI is InChI=1S/C12H14F2N4/c1-6(2)18-7(3)16-17-12(18)8-4-11(15)10(14)5-9(8)13/h4-6H,15H2,1-3H3. The van der Waals surface area contributed by atoms with E-state index in [4.69, 9.17) is 5.73 Å². The number of aryl methyl sites for hydroxylation is 1. The Morgan fingerprint density at radius 2 is 1.83 bits per heavy atom. The van der Waals surface area contributed by atoms with Gasteiger partial charge in [-0.05, 0) is 26.8 Å². The van der Waals surface area contributed by atoms with Gasteiger partial charge in [-0.2, -0.15) is 0 Å². The van der Waals surface area contributed by atoms with Gasteiger partial charge >= 0.3 is 0 Å². The van der Waals surface area contributed by atoms with E-state index in [1.807, 2.05) is 13.8 Å². The van der Waals surface area contributed by atoms with E-state index in [2.05, 4.69) is 10.2 Å². The molecule has 2 rings (SSSR count). The second kappa shape index (κ2) is 4.36. The molecule has 2 aromatic rings. The number of nitrogens with two attached hydrogens (primary N) is 1. The van der Waals surface area contributed by atoms with E-state index in [1.54, 1.807) is 11.5 Å². The summed E-state index contributed by atoms with van der Waals surface area (Å²) < 4.78 is 28.7. The number of hydrogen-bond acceptors (Lipinski definition) is 3. The molecule has 2 N–H and O–H groups in total. The quantitative estimate of drug-likeness (QED) is 0.836. The molecule has 0 fully saturated rings. The number of nitrogen functional groups attached to an aromatic ring is 1. The molecule has 0 atom stereocenters. The third kappa shape index (κ3) is 1.94. The first-order valence-corrected chi connectivity index (χ1v) is 5.58. The highest BCUT2D eigenvalue weighted by atomic mass is 19.1. The summed E-state index contributed by atoms with van der Waals surface area (Å²) in [5, 5.41) is 7.85. The molecule has 0 aliphatic carbocycles. The van der Waals surface area contributed by atoms with E-state index >= 15 is 0 Å². The van der Waals surface area contributed by atoms with Gasteiger partial charge in [0.15, 0.2) is 5.82 Å². The Morgan fingerprint density at radius 3 is 2.44 bits per heavy atom. The van der Waals surface area contributed by atoms with Crippen molar-refractivity contribution in [2.45, 2.75) is 26.8 Å². The van der Waals surface area contributed by atoms with Crippen molar-refractivity contribution in [2.75, 3.05) is 5.73 Å². The number of rotatable bonds is 2. The summed E-state index contributed by atoms with van der Waals surface area (Å²) in [7, 11) is 0. The highest BCUT2D eigenvalue weighted by molar-refractivity contribution is 5.62. The van der Waals surface area contributed by atoms with Gasteiger partial charge in [-0.25, -0.2) is 8.78 Å². The van der Waals surface area contributed by atoms with E-state index in [0.29, 0.717) is 11.6 Å². The number of benzene rings is 1. The summed E-state index contributed by atoms with van der Waals surface area (Å²) in [6.45, 7) is 5.65. The topological polar surface area (TPSA) is 56.7 Å². The van der Waals surface area contributed by atoms with Crippen molar-refractivity contribution in [1.82, 2.24) is 14.8 Å². The molecule has 1 heterocycles. The molecular formula is C12H14F2N4. The lowest BCUT2D eigenvalue weighted by Gasteiger charge is -2.13. The van der Waals surface area contributed by atoms with Crippen molar-refractivity contribution in [3.63, 3.8) is 0 Å². The number of anilines is 1. The van der Waals surface area contributed by atoms with E-state index in [9.17, 15) is 8.78 Å². The van der Waals surface area contributed by atoms with Gasteiger partial charge in [0, 0.05) is 12.1 Å². The van der Waals surface area contributed by atoms with Gasteiger partial charge in [-0.1, -0.05) is 0 Å². The molecule has 0 unspecified atom stereocenters. The van der Waals surface area contributed by atoms with Crippen LogP contribution in [0.25, 0.3) is 11.4 Å². The maximum atomic E-state index is 13.8. The summed E-state index contributed by atoms with van der Waals surface area (Å²) in [4.78, 5) is 0. The smallest absolute Gasteiger partial charge is 0.167 e. The first-order chi connectivity index (χ1) is 8.41. The number of nitrogens with zero attached hydrogens (tertiary/aromatic N) is 3. The molecule has 0 saturated carbocycles. The van der Waals surface area contributed by atoms with Crippen molar-refractivity contribution >= 4 is 5.69 Å². The number of halogens is 2. The molecule has 0 spiro atoms. The Bertz CT molecular complexity index is 590. The zero-order valence-corrected chi connectivity index (χ0v) is 10.4. The van der Waals surface area contributed by atoms with E-state index in [0.717, 1.165) is 6.07 Å². The van der Waals surface area contributed by atoms with Crippen LogP contribution in [-0.4, -0.2) is 14.8 Å². The van der Waals surface area contributed by atoms with Crippen LogP contribution in [0.15, 0.2) is 12.1 Å². The van der Waals surface area contributed by atoms with E-state index in [1.165, 1.54) is 6.07 Å². The Balaban J connectivity index is 2.66. The SMILES string of the molecule is Cc1nnc(-c2cc(N)c(F)cc2F)n1C(C)C. The molecule has 0 aliphatic heterocycles. The molecule has 4 nitrogen and oxygen atoms in total. The average molecular weight is 252 g/mol. The fraction of sp³-hybridized carbons (Fsp3) is 0.333. The molecule has 0 amide bonds. The van der Waals surface area contributed by atoms with Gasteiger partial charge in [0.05, 0.1) is 11.3 Å². The lowest BCUT2D eigenvalue weighted by Crippen LogP contribution is -2.07. The lowest BCUT2D eigenvalue weighted by atomic mass is 10.1. The second-order valence-electron chi connectivity index (χ2n) is 4.39. The van der Waals surface area contributed by atoms with Gasteiger partial charge < -0.3 is 10.3 Å². The minimum atomic E-state index is -0.774. The minimum absolute atomic E-state index is 0.0701. The molecule has 96 valence electrons. The average Bonchev–Trinajstić information content (AvgIpc) is 2.65. The summed E-state index contributed by atoms with van der Waals surface area (Å²) in [6.07, 6.45) is 0. The summed E-state index contributed by atoms with van der Waals surface area (Å²) in [6, 6.07) is 2.08. The third-order valence-electron chi connectivity index (χ3n) is 2.71. The zero-order valence-electron chi connectivity index (χ0n) is 10.4. The number of aromatic nitrogens is 3. The molecule has 0 bridgehead atoms. The molecule has 6 heteroatoms. The van der Waals surface area contributed by atoms with Gasteiger partial charge in [-0.15, -0.1) is 10.2 Å². The molecular weight excluding hydrogens is 238 g/mol. The van der Waals surface area contributed by atoms with Crippen LogP contribution in [0.4, 0.5) is 14.5 Å². The minimum Gasteiger partial charge on any atom is -0.396 e. The van der Waals surface area contributed by atoms with Crippen LogP contribution in [-0.2, 0) is 0 Å². The van der Waals surface area contributed by atoms with Crippen molar-refractivity contribution in [3.8, 4) is 11.4 Å². The van der Waals surface area contributed by atoms with Gasteiger partial charge in [0.2, 0.25) is 0 Å². The Hall–Kier alpha value is -1.98. The Kier molecular flexibility index (Phi) is 3.02. The van der Waals surface area contributed by atoms with Crippen molar-refractivity contribution < 1.29 is 8.78 Å². The second-order valence-corrected chi connectivity index (χ2v) is 4.39. The Labute approximate surface area is 103 Å². The first kappa shape index (κ1) is 12.5. The fourth-order valence-electron chi connectivity index (χ4n) is 1.91. The zero-order chi connectivity index (χ0) is 13.4. The predicted molar refractivity (Wildman–Crippen MR) is 64.9 cm³/mol. The molecule has 18 heavy (non-hydrogen) atoms. The van der Waals surface area contributed by atoms with Crippen molar-refractivity contribution in [2.24, 2.45) is 0 Å². The van der Waals surface area contributed by atoms with Crippen LogP contribution in [0.1, 0.15) is 25.7 Å². The van der Waals surface area contributed by atoms with Crippen LogP contribution in [0.3, 0.4) is 0 Å². The normalized spacial score (nSPS) is 11.2. The summed E-state index contributed by atoms with van der Waals surface area (Å²) >= 11 is 0. The molecule has 0 radical (unpaired) electrons. The summed E-state index contributed by atoms with van der Waals surface area (Å²) in [5.74, 6) is -0.450. The lowest BCUT2D eigenvalue weighted by molar-refractivity contribution is 0.573. The molecule has 0 aliphatic rings. The molecule has 1 aromatic carbocycles. The van der Waals surface area contributed by atoms with Crippen LogP contribution in [0, 0.1) is 18.6 Å².